The fraction of sp³-hybridized carbons (Fsp3) is 0.235. The lowest BCUT2D eigenvalue weighted by molar-refractivity contribution is 0.247. The predicted molar refractivity (Wildman–Crippen MR) is 89.1 cm³/mol. The highest BCUT2D eigenvalue weighted by Crippen LogP contribution is 2.19. The second-order valence-electron chi connectivity index (χ2n) is 5.55. The van der Waals surface area contributed by atoms with E-state index in [2.05, 4.69) is 20.8 Å². The molecule has 3 rings (SSSR count). The molecule has 0 fully saturated rings. The van der Waals surface area contributed by atoms with Crippen molar-refractivity contribution in [2.75, 3.05) is 5.32 Å². The summed E-state index contributed by atoms with van der Waals surface area (Å²) in [6.45, 7) is 1.98. The first-order valence-electron chi connectivity index (χ1n) is 7.90. The predicted octanol–water partition coefficient (Wildman–Crippen LogP) is 3.67. The van der Waals surface area contributed by atoms with E-state index < -0.39 is 23.7 Å². The number of aromatic nitrogens is 3. The molecule has 2 aromatic heterocycles. The SMILES string of the molecule is CCC[C@@H](NC(=O)Nc1ccc(F)cc1F)c1nnc2ccccn12. The van der Waals surface area contributed by atoms with E-state index >= 15 is 0 Å². The molecule has 0 aliphatic rings. The van der Waals surface area contributed by atoms with Crippen molar-refractivity contribution in [2.24, 2.45) is 0 Å². The van der Waals surface area contributed by atoms with Crippen molar-refractivity contribution >= 4 is 17.4 Å². The Labute approximate surface area is 142 Å². The van der Waals surface area contributed by atoms with Gasteiger partial charge < -0.3 is 10.6 Å². The van der Waals surface area contributed by atoms with Crippen molar-refractivity contribution < 1.29 is 13.6 Å². The first-order valence-corrected chi connectivity index (χ1v) is 7.90. The summed E-state index contributed by atoms with van der Waals surface area (Å²) >= 11 is 0. The van der Waals surface area contributed by atoms with Crippen LogP contribution in [-0.4, -0.2) is 20.6 Å². The van der Waals surface area contributed by atoms with E-state index in [1.165, 1.54) is 6.07 Å². The van der Waals surface area contributed by atoms with E-state index in [1.807, 2.05) is 31.3 Å². The molecule has 0 saturated carbocycles. The summed E-state index contributed by atoms with van der Waals surface area (Å²) < 4.78 is 28.4. The Balaban J connectivity index is 1.78. The number of amides is 2. The lowest BCUT2D eigenvalue weighted by Gasteiger charge is -2.17. The van der Waals surface area contributed by atoms with Crippen LogP contribution in [0.15, 0.2) is 42.6 Å². The normalized spacial score (nSPS) is 12.1. The number of hydrogen-bond acceptors (Lipinski definition) is 3. The van der Waals surface area contributed by atoms with Crippen molar-refractivity contribution in [1.82, 2.24) is 19.9 Å². The number of nitrogens with one attached hydrogen (secondary N) is 2. The van der Waals surface area contributed by atoms with Crippen LogP contribution in [-0.2, 0) is 0 Å². The standard InChI is InChI=1S/C17H17F2N5O/c1-2-5-14(16-23-22-15-6-3-4-9-24(15)16)21-17(25)20-13-8-7-11(18)10-12(13)19/h3-4,6-10,14H,2,5H2,1H3,(H2,20,21,25)/t14-/m1/s1. The third kappa shape index (κ3) is 3.73. The summed E-state index contributed by atoms with van der Waals surface area (Å²) in [5, 5.41) is 13.4. The molecule has 0 unspecified atom stereocenters. The molecule has 0 radical (unpaired) electrons. The fourth-order valence-electron chi connectivity index (χ4n) is 2.56. The van der Waals surface area contributed by atoms with Crippen molar-refractivity contribution in [1.29, 1.82) is 0 Å². The van der Waals surface area contributed by atoms with Gasteiger partial charge in [0.15, 0.2) is 11.5 Å². The molecule has 25 heavy (non-hydrogen) atoms. The van der Waals surface area contributed by atoms with Crippen LogP contribution in [0.2, 0.25) is 0 Å². The van der Waals surface area contributed by atoms with Crippen LogP contribution in [0.25, 0.3) is 5.65 Å². The molecule has 2 amide bonds. The van der Waals surface area contributed by atoms with E-state index in [1.54, 1.807) is 4.40 Å². The zero-order valence-electron chi connectivity index (χ0n) is 13.5. The summed E-state index contributed by atoms with van der Waals surface area (Å²) in [5.74, 6) is -0.954. The van der Waals surface area contributed by atoms with Crippen LogP contribution >= 0.6 is 0 Å². The van der Waals surface area contributed by atoms with Crippen molar-refractivity contribution in [2.45, 2.75) is 25.8 Å². The largest absolute Gasteiger partial charge is 0.328 e. The maximum Gasteiger partial charge on any atom is 0.319 e. The van der Waals surface area contributed by atoms with E-state index in [0.717, 1.165) is 12.5 Å². The summed E-state index contributed by atoms with van der Waals surface area (Å²) in [6.07, 6.45) is 3.25. The minimum absolute atomic E-state index is 0.0970. The lowest BCUT2D eigenvalue weighted by atomic mass is 10.1. The minimum atomic E-state index is -0.838. The van der Waals surface area contributed by atoms with Crippen LogP contribution in [0.1, 0.15) is 31.6 Å². The lowest BCUT2D eigenvalue weighted by Crippen LogP contribution is -2.33. The van der Waals surface area contributed by atoms with E-state index in [9.17, 15) is 13.6 Å². The Bertz CT molecular complexity index is 896. The number of benzene rings is 1. The highest BCUT2D eigenvalue weighted by atomic mass is 19.1. The highest BCUT2D eigenvalue weighted by molar-refractivity contribution is 5.89. The van der Waals surface area contributed by atoms with Crippen LogP contribution in [0.4, 0.5) is 19.3 Å². The van der Waals surface area contributed by atoms with Gasteiger partial charge in [-0.05, 0) is 30.7 Å². The van der Waals surface area contributed by atoms with Gasteiger partial charge in [0.1, 0.15) is 11.6 Å². The van der Waals surface area contributed by atoms with Gasteiger partial charge >= 0.3 is 6.03 Å². The number of rotatable bonds is 5. The van der Waals surface area contributed by atoms with E-state index in [0.29, 0.717) is 24.0 Å². The number of anilines is 1. The number of hydrogen-bond donors (Lipinski definition) is 2. The Hall–Kier alpha value is -3.03. The molecule has 0 aliphatic carbocycles. The maximum absolute atomic E-state index is 13.7. The van der Waals surface area contributed by atoms with Gasteiger partial charge in [-0.15, -0.1) is 10.2 Å². The summed E-state index contributed by atoms with van der Waals surface area (Å²) in [4.78, 5) is 12.2. The van der Waals surface area contributed by atoms with E-state index in [4.69, 9.17) is 0 Å². The average molecular weight is 345 g/mol. The first kappa shape index (κ1) is 16.8. The van der Waals surface area contributed by atoms with Gasteiger partial charge in [0.05, 0.1) is 11.7 Å². The van der Waals surface area contributed by atoms with Gasteiger partial charge in [-0.3, -0.25) is 4.40 Å². The van der Waals surface area contributed by atoms with Gasteiger partial charge in [-0.1, -0.05) is 19.4 Å². The van der Waals surface area contributed by atoms with Gasteiger partial charge in [0, 0.05) is 12.3 Å². The number of nitrogens with zero attached hydrogens (tertiary/aromatic N) is 3. The Morgan fingerprint density at radius 3 is 2.84 bits per heavy atom. The van der Waals surface area contributed by atoms with Crippen LogP contribution in [0.5, 0.6) is 0 Å². The molecule has 0 bridgehead atoms. The van der Waals surface area contributed by atoms with Gasteiger partial charge in [0.25, 0.3) is 0 Å². The molecular formula is C17H17F2N5O. The Morgan fingerprint density at radius 2 is 2.08 bits per heavy atom. The zero-order chi connectivity index (χ0) is 17.8. The molecule has 0 spiro atoms. The molecular weight excluding hydrogens is 328 g/mol. The first-order chi connectivity index (χ1) is 12.1. The van der Waals surface area contributed by atoms with Crippen LogP contribution in [0.3, 0.4) is 0 Å². The second kappa shape index (κ2) is 7.25. The topological polar surface area (TPSA) is 71.3 Å². The van der Waals surface area contributed by atoms with Crippen molar-refractivity contribution in [3.63, 3.8) is 0 Å². The van der Waals surface area contributed by atoms with Crippen molar-refractivity contribution in [3.05, 3.63) is 60.1 Å². The molecule has 130 valence electrons. The van der Waals surface area contributed by atoms with Crippen LogP contribution in [0, 0.1) is 11.6 Å². The summed E-state index contributed by atoms with van der Waals surface area (Å²) in [6, 6.07) is 7.47. The smallest absolute Gasteiger partial charge is 0.319 e. The number of carbonyl (C=O) groups is 1. The molecule has 2 N–H and O–H groups in total. The van der Waals surface area contributed by atoms with Crippen LogP contribution < -0.4 is 10.6 Å². The average Bonchev–Trinajstić information content (AvgIpc) is 3.01. The Morgan fingerprint density at radius 1 is 1.24 bits per heavy atom. The minimum Gasteiger partial charge on any atom is -0.328 e. The van der Waals surface area contributed by atoms with Gasteiger partial charge in [-0.25, -0.2) is 13.6 Å². The van der Waals surface area contributed by atoms with Gasteiger partial charge in [0.2, 0.25) is 0 Å². The van der Waals surface area contributed by atoms with Crippen molar-refractivity contribution in [3.8, 4) is 0 Å². The number of carbonyl (C=O) groups excluding carboxylic acids is 1. The maximum atomic E-state index is 13.7. The third-order valence-corrected chi connectivity index (χ3v) is 3.71. The number of fused-ring (bicyclic) bond motifs is 1. The Kier molecular flexibility index (Phi) is 4.87. The number of pyridine rings is 1. The quantitative estimate of drug-likeness (QED) is 0.741. The molecule has 0 aliphatic heterocycles. The highest BCUT2D eigenvalue weighted by Gasteiger charge is 2.20. The summed E-state index contributed by atoms with van der Waals surface area (Å²) in [5.41, 5.74) is 0.575. The fourth-order valence-corrected chi connectivity index (χ4v) is 2.56. The van der Waals surface area contributed by atoms with Gasteiger partial charge in [-0.2, -0.15) is 0 Å². The number of halogens is 2. The zero-order valence-corrected chi connectivity index (χ0v) is 13.5. The monoisotopic (exact) mass is 345 g/mol. The molecule has 3 aromatic rings. The molecule has 1 aromatic carbocycles. The molecule has 6 nitrogen and oxygen atoms in total. The van der Waals surface area contributed by atoms with E-state index in [-0.39, 0.29) is 5.69 Å². The molecule has 1 atom stereocenters. The summed E-state index contributed by atoms with van der Waals surface area (Å²) in [7, 11) is 0. The molecule has 0 saturated heterocycles. The number of urea groups is 1. The molecule has 8 heteroatoms. The third-order valence-electron chi connectivity index (χ3n) is 3.71. The second-order valence-corrected chi connectivity index (χ2v) is 5.55. The molecule has 2 heterocycles.